The lowest BCUT2D eigenvalue weighted by atomic mass is 10.0. The molecule has 1 rings (SSSR count). The monoisotopic (exact) mass is 272 g/mol. The number of nitro benzene ring substituents is 1. The third-order valence-electron chi connectivity index (χ3n) is 2.83. The molecule has 6 heteroatoms. The average Bonchev–Trinajstić information content (AvgIpc) is 2.28. The molecular weight excluding hydrogens is 256 g/mol. The highest BCUT2D eigenvalue weighted by molar-refractivity contribution is 6.33. The zero-order chi connectivity index (χ0) is 13.9. The molecule has 1 unspecified atom stereocenters. The van der Waals surface area contributed by atoms with Crippen molar-refractivity contribution in [3.05, 3.63) is 32.8 Å². The van der Waals surface area contributed by atoms with Gasteiger partial charge in [-0.1, -0.05) is 25.4 Å². The molecule has 2 N–H and O–H groups in total. The highest BCUT2D eigenvalue weighted by Crippen LogP contribution is 2.31. The summed E-state index contributed by atoms with van der Waals surface area (Å²) in [7, 11) is 0. The number of anilines is 1. The third kappa shape index (κ3) is 3.34. The molecule has 18 heavy (non-hydrogen) atoms. The van der Waals surface area contributed by atoms with Crippen LogP contribution in [0.4, 0.5) is 11.4 Å². The Labute approximate surface area is 111 Å². The Hall–Kier alpha value is -1.33. The van der Waals surface area contributed by atoms with Crippen molar-refractivity contribution >= 4 is 23.0 Å². The van der Waals surface area contributed by atoms with Crippen molar-refractivity contribution in [1.29, 1.82) is 0 Å². The predicted octanol–water partition coefficient (Wildman–Crippen LogP) is 2.99. The second kappa shape index (κ2) is 6.02. The third-order valence-corrected chi connectivity index (χ3v) is 3.14. The van der Waals surface area contributed by atoms with E-state index in [1.54, 1.807) is 6.92 Å². The molecular formula is C12H17ClN2O3. The van der Waals surface area contributed by atoms with E-state index in [-0.39, 0.29) is 29.3 Å². The van der Waals surface area contributed by atoms with Crippen molar-refractivity contribution in [2.24, 2.45) is 5.92 Å². The molecule has 0 spiro atoms. The number of nitrogens with one attached hydrogen (secondary N) is 1. The minimum absolute atomic E-state index is 0.00822. The quantitative estimate of drug-likeness (QED) is 0.638. The Balaban J connectivity index is 3.04. The highest BCUT2D eigenvalue weighted by atomic mass is 35.5. The summed E-state index contributed by atoms with van der Waals surface area (Å²) in [6, 6.07) is 2.85. The molecule has 0 saturated heterocycles. The SMILES string of the molecule is Cc1cc([N+](=O)[O-])c(Cl)cc1NC(CO)C(C)C. The fourth-order valence-electron chi connectivity index (χ4n) is 1.58. The summed E-state index contributed by atoms with van der Waals surface area (Å²) < 4.78 is 0. The Morgan fingerprint density at radius 1 is 1.50 bits per heavy atom. The summed E-state index contributed by atoms with van der Waals surface area (Å²) in [6.07, 6.45) is 0. The first-order valence-corrected chi connectivity index (χ1v) is 6.06. The molecule has 1 aromatic rings. The molecule has 0 aliphatic heterocycles. The summed E-state index contributed by atoms with van der Waals surface area (Å²) >= 11 is 5.86. The number of aliphatic hydroxyl groups excluding tert-OH is 1. The lowest BCUT2D eigenvalue weighted by molar-refractivity contribution is -0.384. The topological polar surface area (TPSA) is 75.4 Å². The number of nitro groups is 1. The van der Waals surface area contributed by atoms with Gasteiger partial charge in [-0.15, -0.1) is 0 Å². The Morgan fingerprint density at radius 3 is 2.56 bits per heavy atom. The number of hydrogen-bond acceptors (Lipinski definition) is 4. The van der Waals surface area contributed by atoms with Crippen LogP contribution in [0, 0.1) is 23.0 Å². The van der Waals surface area contributed by atoms with E-state index in [2.05, 4.69) is 5.32 Å². The lowest BCUT2D eigenvalue weighted by Crippen LogP contribution is -2.29. The van der Waals surface area contributed by atoms with E-state index in [1.165, 1.54) is 12.1 Å². The van der Waals surface area contributed by atoms with Crippen molar-refractivity contribution in [3.63, 3.8) is 0 Å². The molecule has 0 heterocycles. The van der Waals surface area contributed by atoms with E-state index < -0.39 is 4.92 Å². The summed E-state index contributed by atoms with van der Waals surface area (Å²) in [5, 5.41) is 23.2. The standard InChI is InChI=1S/C12H17ClN2O3/c1-7(2)11(6-16)14-10-5-9(13)12(15(17)18)4-8(10)3/h4-5,7,11,14,16H,6H2,1-3H3. The molecule has 0 radical (unpaired) electrons. The van der Waals surface area contributed by atoms with Crippen LogP contribution in [0.3, 0.4) is 0 Å². The van der Waals surface area contributed by atoms with Crippen LogP contribution in [0.2, 0.25) is 5.02 Å². The molecule has 0 bridgehead atoms. The first-order valence-electron chi connectivity index (χ1n) is 5.68. The predicted molar refractivity (Wildman–Crippen MR) is 72.2 cm³/mol. The van der Waals surface area contributed by atoms with E-state index in [0.29, 0.717) is 5.69 Å². The van der Waals surface area contributed by atoms with Crippen LogP contribution in [-0.2, 0) is 0 Å². The van der Waals surface area contributed by atoms with Gasteiger partial charge in [0.05, 0.1) is 17.6 Å². The normalized spacial score (nSPS) is 12.6. The highest BCUT2D eigenvalue weighted by Gasteiger charge is 2.18. The molecule has 5 nitrogen and oxygen atoms in total. The number of aliphatic hydroxyl groups is 1. The van der Waals surface area contributed by atoms with Crippen molar-refractivity contribution in [2.45, 2.75) is 26.8 Å². The molecule has 0 aliphatic rings. The van der Waals surface area contributed by atoms with Crippen LogP contribution in [0.15, 0.2) is 12.1 Å². The summed E-state index contributed by atoms with van der Waals surface area (Å²) in [6.45, 7) is 5.72. The molecule has 0 aliphatic carbocycles. The lowest BCUT2D eigenvalue weighted by Gasteiger charge is -2.22. The zero-order valence-electron chi connectivity index (χ0n) is 10.6. The molecule has 0 amide bonds. The number of nitrogens with zero attached hydrogens (tertiary/aromatic N) is 1. The van der Waals surface area contributed by atoms with Gasteiger partial charge in [0.15, 0.2) is 0 Å². The number of aryl methyl sites for hydroxylation is 1. The minimum atomic E-state index is -0.509. The van der Waals surface area contributed by atoms with Gasteiger partial charge in [0.2, 0.25) is 0 Å². The van der Waals surface area contributed by atoms with Gasteiger partial charge >= 0.3 is 0 Å². The molecule has 0 fully saturated rings. The second-order valence-electron chi connectivity index (χ2n) is 4.55. The summed E-state index contributed by atoms with van der Waals surface area (Å²) in [5.41, 5.74) is 1.33. The van der Waals surface area contributed by atoms with E-state index >= 15 is 0 Å². The van der Waals surface area contributed by atoms with Gasteiger partial charge in [0, 0.05) is 11.8 Å². The molecule has 1 atom stereocenters. The molecule has 0 aromatic heterocycles. The number of rotatable bonds is 5. The van der Waals surface area contributed by atoms with Crippen LogP contribution in [-0.4, -0.2) is 22.7 Å². The number of hydrogen-bond donors (Lipinski definition) is 2. The minimum Gasteiger partial charge on any atom is -0.394 e. The van der Waals surface area contributed by atoms with Gasteiger partial charge in [-0.25, -0.2) is 0 Å². The van der Waals surface area contributed by atoms with Crippen LogP contribution in [0.1, 0.15) is 19.4 Å². The maximum Gasteiger partial charge on any atom is 0.288 e. The smallest absolute Gasteiger partial charge is 0.288 e. The van der Waals surface area contributed by atoms with Crippen LogP contribution in [0.5, 0.6) is 0 Å². The fourth-order valence-corrected chi connectivity index (χ4v) is 1.82. The largest absolute Gasteiger partial charge is 0.394 e. The Kier molecular flexibility index (Phi) is 4.93. The first kappa shape index (κ1) is 14.7. The van der Waals surface area contributed by atoms with Crippen molar-refractivity contribution in [1.82, 2.24) is 0 Å². The fraction of sp³-hybridized carbons (Fsp3) is 0.500. The zero-order valence-corrected chi connectivity index (χ0v) is 11.4. The molecule has 100 valence electrons. The van der Waals surface area contributed by atoms with Crippen molar-refractivity contribution < 1.29 is 10.0 Å². The van der Waals surface area contributed by atoms with Crippen LogP contribution >= 0.6 is 11.6 Å². The van der Waals surface area contributed by atoms with Gasteiger partial charge < -0.3 is 10.4 Å². The van der Waals surface area contributed by atoms with Crippen molar-refractivity contribution in [2.75, 3.05) is 11.9 Å². The van der Waals surface area contributed by atoms with Crippen molar-refractivity contribution in [3.8, 4) is 0 Å². The van der Waals surface area contributed by atoms with E-state index in [0.717, 1.165) is 5.56 Å². The van der Waals surface area contributed by atoms with E-state index in [4.69, 9.17) is 11.6 Å². The van der Waals surface area contributed by atoms with E-state index in [1.807, 2.05) is 13.8 Å². The molecule has 0 saturated carbocycles. The maximum atomic E-state index is 10.7. The average molecular weight is 273 g/mol. The summed E-state index contributed by atoms with van der Waals surface area (Å²) in [5.74, 6) is 0.239. The second-order valence-corrected chi connectivity index (χ2v) is 4.96. The van der Waals surface area contributed by atoms with Gasteiger partial charge in [-0.05, 0) is 24.5 Å². The molecule has 1 aromatic carbocycles. The number of halogens is 1. The van der Waals surface area contributed by atoms with Gasteiger partial charge in [0.1, 0.15) is 5.02 Å². The Bertz CT molecular complexity index is 449. The first-order chi connectivity index (χ1) is 8.36. The van der Waals surface area contributed by atoms with E-state index in [9.17, 15) is 15.2 Å². The number of benzene rings is 1. The van der Waals surface area contributed by atoms with Gasteiger partial charge in [0.25, 0.3) is 5.69 Å². The maximum absolute atomic E-state index is 10.7. The van der Waals surface area contributed by atoms with Gasteiger partial charge in [-0.2, -0.15) is 0 Å². The Morgan fingerprint density at radius 2 is 2.11 bits per heavy atom. The van der Waals surface area contributed by atoms with Gasteiger partial charge in [-0.3, -0.25) is 10.1 Å². The summed E-state index contributed by atoms with van der Waals surface area (Å²) in [4.78, 5) is 10.2. The van der Waals surface area contributed by atoms with Crippen LogP contribution < -0.4 is 5.32 Å². The van der Waals surface area contributed by atoms with Crippen LogP contribution in [0.25, 0.3) is 0 Å².